The number of guanidine groups is 1. The van der Waals surface area contributed by atoms with Crippen molar-refractivity contribution in [2.24, 2.45) is 4.99 Å². The minimum atomic E-state index is -0.105. The molecule has 21 heavy (non-hydrogen) atoms. The minimum absolute atomic E-state index is 0. The number of aliphatic hydroxyl groups excluding tert-OH is 1. The summed E-state index contributed by atoms with van der Waals surface area (Å²) in [6.07, 6.45) is 4.73. The van der Waals surface area contributed by atoms with Gasteiger partial charge in [-0.1, -0.05) is 6.07 Å². The number of nitrogens with zero attached hydrogens (tertiary/aromatic N) is 1. The lowest BCUT2D eigenvalue weighted by atomic mass is 9.93. The molecule has 4 nitrogen and oxygen atoms in total. The maximum absolute atomic E-state index is 9.54. The van der Waals surface area contributed by atoms with E-state index in [4.69, 9.17) is 0 Å². The average molecular weight is 423 g/mol. The van der Waals surface area contributed by atoms with Crippen LogP contribution >= 0.6 is 35.3 Å². The van der Waals surface area contributed by atoms with Crippen molar-refractivity contribution in [3.63, 3.8) is 0 Å². The van der Waals surface area contributed by atoms with Crippen LogP contribution in [-0.2, 0) is 6.42 Å². The second-order valence-electron chi connectivity index (χ2n) is 5.24. The van der Waals surface area contributed by atoms with E-state index in [9.17, 15) is 5.11 Å². The van der Waals surface area contributed by atoms with Gasteiger partial charge in [0.15, 0.2) is 5.96 Å². The van der Waals surface area contributed by atoms with E-state index in [1.54, 1.807) is 11.3 Å². The largest absolute Gasteiger partial charge is 0.393 e. The van der Waals surface area contributed by atoms with E-state index >= 15 is 0 Å². The first kappa shape index (κ1) is 18.7. The Kier molecular flexibility index (Phi) is 9.26. The van der Waals surface area contributed by atoms with Gasteiger partial charge < -0.3 is 15.7 Å². The van der Waals surface area contributed by atoms with Crippen LogP contribution in [0.3, 0.4) is 0 Å². The molecule has 3 N–H and O–H groups in total. The Labute approximate surface area is 148 Å². The van der Waals surface area contributed by atoms with Gasteiger partial charge >= 0.3 is 0 Å². The molecular weight excluding hydrogens is 397 g/mol. The summed E-state index contributed by atoms with van der Waals surface area (Å²) in [7, 11) is 0. The SMILES string of the molecule is CCNC(=NCCc1cccs1)NC1CCC(O)CC1.I. The summed E-state index contributed by atoms with van der Waals surface area (Å²) in [4.78, 5) is 6.02. The minimum Gasteiger partial charge on any atom is -0.393 e. The Morgan fingerprint density at radius 3 is 2.76 bits per heavy atom. The third-order valence-electron chi connectivity index (χ3n) is 3.59. The first-order chi connectivity index (χ1) is 9.78. The van der Waals surface area contributed by atoms with Gasteiger partial charge in [-0.15, -0.1) is 35.3 Å². The van der Waals surface area contributed by atoms with Gasteiger partial charge in [-0.05, 0) is 44.1 Å². The highest BCUT2D eigenvalue weighted by Crippen LogP contribution is 2.18. The maximum atomic E-state index is 9.54. The summed E-state index contributed by atoms with van der Waals surface area (Å²) in [6, 6.07) is 4.68. The van der Waals surface area contributed by atoms with Gasteiger partial charge in [-0.3, -0.25) is 4.99 Å². The quantitative estimate of drug-likeness (QED) is 0.388. The molecular formula is C15H26IN3OS. The standard InChI is InChI=1S/C15H25N3OS.HI/c1-2-16-15(17-10-9-14-4-3-11-20-14)18-12-5-7-13(19)8-6-12;/h3-4,11-13,19H,2,5-10H2,1H3,(H2,16,17,18);1H. The number of hydrogen-bond donors (Lipinski definition) is 3. The van der Waals surface area contributed by atoms with Gasteiger partial charge in [-0.2, -0.15) is 0 Å². The third kappa shape index (κ3) is 6.97. The van der Waals surface area contributed by atoms with Crippen molar-refractivity contribution in [1.29, 1.82) is 0 Å². The molecule has 0 radical (unpaired) electrons. The van der Waals surface area contributed by atoms with Crippen molar-refractivity contribution >= 4 is 41.3 Å². The van der Waals surface area contributed by atoms with Crippen molar-refractivity contribution in [2.75, 3.05) is 13.1 Å². The van der Waals surface area contributed by atoms with Gasteiger partial charge in [-0.25, -0.2) is 0 Å². The van der Waals surface area contributed by atoms with Crippen LogP contribution < -0.4 is 10.6 Å². The van der Waals surface area contributed by atoms with E-state index in [1.165, 1.54) is 4.88 Å². The monoisotopic (exact) mass is 423 g/mol. The Morgan fingerprint density at radius 2 is 2.14 bits per heavy atom. The molecule has 1 aromatic heterocycles. The molecule has 0 spiro atoms. The number of nitrogens with one attached hydrogen (secondary N) is 2. The normalized spacial score (nSPS) is 22.5. The number of aliphatic imine (C=N–C) groups is 1. The van der Waals surface area contributed by atoms with Crippen LogP contribution in [0, 0.1) is 0 Å². The van der Waals surface area contributed by atoms with E-state index < -0.39 is 0 Å². The van der Waals surface area contributed by atoms with Gasteiger partial charge in [0.25, 0.3) is 0 Å². The zero-order valence-electron chi connectivity index (χ0n) is 12.5. The van der Waals surface area contributed by atoms with Gasteiger partial charge in [0.2, 0.25) is 0 Å². The van der Waals surface area contributed by atoms with Gasteiger partial charge in [0, 0.05) is 30.4 Å². The fraction of sp³-hybridized carbons (Fsp3) is 0.667. The zero-order chi connectivity index (χ0) is 14.2. The van der Waals surface area contributed by atoms with Crippen LogP contribution in [-0.4, -0.2) is 36.3 Å². The highest BCUT2D eigenvalue weighted by molar-refractivity contribution is 14.0. The number of rotatable bonds is 5. The van der Waals surface area contributed by atoms with E-state index in [0.717, 1.165) is 51.2 Å². The molecule has 1 aliphatic carbocycles. The molecule has 0 aromatic carbocycles. The highest BCUT2D eigenvalue weighted by Gasteiger charge is 2.19. The Morgan fingerprint density at radius 1 is 1.38 bits per heavy atom. The lowest BCUT2D eigenvalue weighted by molar-refractivity contribution is 0.120. The molecule has 1 fully saturated rings. The smallest absolute Gasteiger partial charge is 0.191 e. The molecule has 120 valence electrons. The van der Waals surface area contributed by atoms with E-state index in [0.29, 0.717) is 6.04 Å². The van der Waals surface area contributed by atoms with Crippen LogP contribution in [0.4, 0.5) is 0 Å². The lowest BCUT2D eigenvalue weighted by Crippen LogP contribution is -2.45. The first-order valence-corrected chi connectivity index (χ1v) is 8.41. The number of thiophene rings is 1. The highest BCUT2D eigenvalue weighted by atomic mass is 127. The number of aliphatic hydroxyl groups is 1. The van der Waals surface area contributed by atoms with Gasteiger partial charge in [0.05, 0.1) is 6.10 Å². The second kappa shape index (κ2) is 10.4. The van der Waals surface area contributed by atoms with Crippen molar-refractivity contribution in [2.45, 2.75) is 51.2 Å². The summed E-state index contributed by atoms with van der Waals surface area (Å²) >= 11 is 1.79. The molecule has 1 aliphatic rings. The predicted octanol–water partition coefficient (Wildman–Crippen LogP) is 2.77. The van der Waals surface area contributed by atoms with Gasteiger partial charge in [0.1, 0.15) is 0 Å². The molecule has 0 atom stereocenters. The zero-order valence-corrected chi connectivity index (χ0v) is 15.7. The molecule has 1 aromatic rings. The van der Waals surface area contributed by atoms with Crippen LogP contribution in [0.1, 0.15) is 37.5 Å². The fourth-order valence-corrected chi connectivity index (χ4v) is 3.16. The van der Waals surface area contributed by atoms with Crippen LogP contribution in [0.5, 0.6) is 0 Å². The molecule has 1 heterocycles. The summed E-state index contributed by atoms with van der Waals surface area (Å²) in [5.41, 5.74) is 0. The predicted molar refractivity (Wildman–Crippen MR) is 101 cm³/mol. The molecule has 6 heteroatoms. The molecule has 0 unspecified atom stereocenters. The Bertz CT molecular complexity index is 403. The summed E-state index contributed by atoms with van der Waals surface area (Å²) < 4.78 is 0. The van der Waals surface area contributed by atoms with E-state index in [2.05, 4.69) is 40.1 Å². The molecule has 1 saturated carbocycles. The van der Waals surface area contributed by atoms with E-state index in [-0.39, 0.29) is 30.1 Å². The van der Waals surface area contributed by atoms with Crippen molar-refractivity contribution in [1.82, 2.24) is 10.6 Å². The average Bonchev–Trinajstić information content (AvgIpc) is 2.95. The summed E-state index contributed by atoms with van der Waals surface area (Å²) in [5.74, 6) is 0.908. The number of halogens is 1. The van der Waals surface area contributed by atoms with Crippen molar-refractivity contribution in [3.8, 4) is 0 Å². The maximum Gasteiger partial charge on any atom is 0.191 e. The first-order valence-electron chi connectivity index (χ1n) is 7.53. The van der Waals surface area contributed by atoms with Crippen molar-refractivity contribution in [3.05, 3.63) is 22.4 Å². The van der Waals surface area contributed by atoms with Crippen LogP contribution in [0.2, 0.25) is 0 Å². The van der Waals surface area contributed by atoms with Crippen LogP contribution in [0.25, 0.3) is 0 Å². The molecule has 0 saturated heterocycles. The molecule has 2 rings (SSSR count). The number of hydrogen-bond acceptors (Lipinski definition) is 3. The van der Waals surface area contributed by atoms with Crippen LogP contribution in [0.15, 0.2) is 22.5 Å². The topological polar surface area (TPSA) is 56.7 Å². The molecule has 0 amide bonds. The Balaban J connectivity index is 0.00000220. The molecule has 0 aliphatic heterocycles. The Hall–Kier alpha value is -0.340. The second-order valence-corrected chi connectivity index (χ2v) is 6.27. The van der Waals surface area contributed by atoms with E-state index in [1.807, 2.05) is 0 Å². The summed E-state index contributed by atoms with van der Waals surface area (Å²) in [6.45, 7) is 3.77. The lowest BCUT2D eigenvalue weighted by Gasteiger charge is -2.27. The summed E-state index contributed by atoms with van der Waals surface area (Å²) in [5, 5.41) is 18.4. The van der Waals surface area contributed by atoms with Crippen molar-refractivity contribution < 1.29 is 5.11 Å². The fourth-order valence-electron chi connectivity index (χ4n) is 2.47. The molecule has 0 bridgehead atoms. The third-order valence-corrected chi connectivity index (χ3v) is 4.53.